The van der Waals surface area contributed by atoms with Gasteiger partial charge in [-0.2, -0.15) is 0 Å². The summed E-state index contributed by atoms with van der Waals surface area (Å²) in [5.41, 5.74) is 5.41. The van der Waals surface area contributed by atoms with E-state index in [1.807, 2.05) is 12.1 Å². The number of amides is 2. The van der Waals surface area contributed by atoms with Gasteiger partial charge in [-0.3, -0.25) is 9.88 Å². The van der Waals surface area contributed by atoms with Crippen LogP contribution in [0.1, 0.15) is 16.8 Å². The zero-order valence-electron chi connectivity index (χ0n) is 18.5. The average Bonchev–Trinajstić information content (AvgIpc) is 3.18. The maximum absolute atomic E-state index is 12.9. The van der Waals surface area contributed by atoms with Crippen molar-refractivity contribution in [2.24, 2.45) is 0 Å². The van der Waals surface area contributed by atoms with Crippen LogP contribution in [-0.4, -0.2) is 79.6 Å². The molecule has 0 saturated carbocycles. The number of hydrogen-bond acceptors (Lipinski definition) is 6. The molecule has 0 radical (unpaired) electrons. The highest BCUT2D eigenvalue weighted by Gasteiger charge is 2.30. The standard InChI is InChI=1S/C25H28N6O2/c32-24(16-29-8-7-19-3-1-2-4-21(19)14-29)17-31-10-9-30(25(31)33)15-23-6-5-20(13-28-23)22-11-26-18-27-12-22/h1-6,11-13,18,24,32H,7-10,14-17H2. The lowest BCUT2D eigenvalue weighted by Crippen LogP contribution is -2.43. The van der Waals surface area contributed by atoms with Gasteiger partial charge >= 0.3 is 6.03 Å². The number of hydrogen-bond donors (Lipinski definition) is 1. The van der Waals surface area contributed by atoms with Crippen LogP contribution in [-0.2, 0) is 19.5 Å². The van der Waals surface area contributed by atoms with Crippen molar-refractivity contribution in [3.8, 4) is 11.1 Å². The number of pyridine rings is 1. The average molecular weight is 445 g/mol. The first-order valence-corrected chi connectivity index (χ1v) is 11.4. The summed E-state index contributed by atoms with van der Waals surface area (Å²) in [5, 5.41) is 10.7. The third-order valence-electron chi connectivity index (χ3n) is 6.36. The number of carbonyl (C=O) groups is 1. The van der Waals surface area contributed by atoms with Crippen molar-refractivity contribution in [1.82, 2.24) is 29.7 Å². The molecule has 8 nitrogen and oxygen atoms in total. The largest absolute Gasteiger partial charge is 0.390 e. The van der Waals surface area contributed by atoms with Gasteiger partial charge in [-0.25, -0.2) is 14.8 Å². The molecule has 4 heterocycles. The minimum atomic E-state index is -0.565. The number of nitrogens with zero attached hydrogens (tertiary/aromatic N) is 6. The SMILES string of the molecule is O=C1N(Cc2ccc(-c3cncnc3)cn2)CCN1CC(O)CN1CCc2ccccc2C1. The monoisotopic (exact) mass is 444 g/mol. The van der Waals surface area contributed by atoms with Crippen LogP contribution < -0.4 is 0 Å². The van der Waals surface area contributed by atoms with Crippen molar-refractivity contribution >= 4 is 6.03 Å². The summed E-state index contributed by atoms with van der Waals surface area (Å²) in [4.78, 5) is 31.3. The van der Waals surface area contributed by atoms with Crippen LogP contribution in [0.3, 0.4) is 0 Å². The molecule has 170 valence electrons. The Morgan fingerprint density at radius 1 is 0.879 bits per heavy atom. The fourth-order valence-corrected chi connectivity index (χ4v) is 4.60. The number of aromatic nitrogens is 3. The summed E-state index contributed by atoms with van der Waals surface area (Å²) in [6.45, 7) is 4.43. The quantitative estimate of drug-likeness (QED) is 0.601. The lowest BCUT2D eigenvalue weighted by atomic mass is 10.00. The maximum Gasteiger partial charge on any atom is 0.320 e. The summed E-state index contributed by atoms with van der Waals surface area (Å²) < 4.78 is 0. The molecule has 3 aromatic rings. The van der Waals surface area contributed by atoms with E-state index < -0.39 is 6.10 Å². The van der Waals surface area contributed by atoms with Gasteiger partial charge in [0.15, 0.2) is 0 Å². The fraction of sp³-hybridized carbons (Fsp3) is 0.360. The van der Waals surface area contributed by atoms with E-state index in [0.717, 1.165) is 36.3 Å². The van der Waals surface area contributed by atoms with Crippen LogP contribution in [0.15, 0.2) is 61.3 Å². The lowest BCUT2D eigenvalue weighted by molar-refractivity contribution is 0.0812. The highest BCUT2D eigenvalue weighted by atomic mass is 16.3. The minimum absolute atomic E-state index is 0.0413. The van der Waals surface area contributed by atoms with Gasteiger partial charge in [0.25, 0.3) is 0 Å². The number of aliphatic hydroxyl groups excluding tert-OH is 1. The Morgan fingerprint density at radius 3 is 2.45 bits per heavy atom. The second-order valence-corrected chi connectivity index (χ2v) is 8.72. The first-order valence-electron chi connectivity index (χ1n) is 11.4. The van der Waals surface area contributed by atoms with Crippen LogP contribution >= 0.6 is 0 Å². The molecule has 1 saturated heterocycles. The van der Waals surface area contributed by atoms with E-state index in [1.54, 1.807) is 28.4 Å². The second-order valence-electron chi connectivity index (χ2n) is 8.72. The van der Waals surface area contributed by atoms with E-state index in [-0.39, 0.29) is 6.03 Å². The highest BCUT2D eigenvalue weighted by molar-refractivity contribution is 5.76. The number of urea groups is 1. The number of carbonyl (C=O) groups excluding carboxylic acids is 1. The second kappa shape index (κ2) is 9.64. The normalized spacial score (nSPS) is 17.3. The van der Waals surface area contributed by atoms with E-state index >= 15 is 0 Å². The predicted molar refractivity (Wildman–Crippen MR) is 124 cm³/mol. The van der Waals surface area contributed by atoms with E-state index in [2.05, 4.69) is 44.1 Å². The summed E-state index contributed by atoms with van der Waals surface area (Å²) in [6.07, 6.45) is 7.22. The number of β-amino-alcohol motifs (C(OH)–C–C–N with tert-alkyl or cyclic N) is 1. The summed E-state index contributed by atoms with van der Waals surface area (Å²) in [6, 6.07) is 12.3. The van der Waals surface area contributed by atoms with E-state index in [9.17, 15) is 9.90 Å². The molecule has 1 aromatic carbocycles. The summed E-state index contributed by atoms with van der Waals surface area (Å²) in [5.74, 6) is 0. The third-order valence-corrected chi connectivity index (χ3v) is 6.36. The van der Waals surface area contributed by atoms with E-state index in [0.29, 0.717) is 32.7 Å². The molecule has 2 aliphatic rings. The van der Waals surface area contributed by atoms with Gasteiger partial charge in [-0.05, 0) is 23.6 Å². The molecule has 8 heteroatoms. The van der Waals surface area contributed by atoms with Gasteiger partial charge in [0.1, 0.15) is 6.33 Å². The topological polar surface area (TPSA) is 85.7 Å². The van der Waals surface area contributed by atoms with Crippen molar-refractivity contribution in [3.05, 3.63) is 78.1 Å². The van der Waals surface area contributed by atoms with Crippen LogP contribution in [0.5, 0.6) is 0 Å². The molecule has 0 spiro atoms. The molecule has 1 atom stereocenters. The van der Waals surface area contributed by atoms with Gasteiger partial charge < -0.3 is 14.9 Å². The molecular weight excluding hydrogens is 416 g/mol. The minimum Gasteiger partial charge on any atom is -0.390 e. The van der Waals surface area contributed by atoms with Gasteiger partial charge in [0, 0.05) is 69.0 Å². The Labute approximate surface area is 193 Å². The molecule has 0 bridgehead atoms. The van der Waals surface area contributed by atoms with Crippen LogP contribution in [0, 0.1) is 0 Å². The summed E-state index contributed by atoms with van der Waals surface area (Å²) >= 11 is 0. The fourth-order valence-electron chi connectivity index (χ4n) is 4.60. The van der Waals surface area contributed by atoms with Gasteiger partial charge in [0.05, 0.1) is 18.3 Å². The lowest BCUT2D eigenvalue weighted by Gasteiger charge is -2.31. The van der Waals surface area contributed by atoms with Crippen LogP contribution in [0.2, 0.25) is 0 Å². The Morgan fingerprint density at radius 2 is 1.67 bits per heavy atom. The van der Waals surface area contributed by atoms with Crippen molar-refractivity contribution in [2.45, 2.75) is 25.6 Å². The molecule has 1 unspecified atom stereocenters. The Bertz CT molecular complexity index is 1090. The van der Waals surface area contributed by atoms with Crippen LogP contribution in [0.4, 0.5) is 4.79 Å². The molecule has 1 N–H and O–H groups in total. The Hall–Kier alpha value is -3.36. The zero-order valence-corrected chi connectivity index (χ0v) is 18.5. The molecule has 2 aromatic heterocycles. The van der Waals surface area contributed by atoms with Crippen molar-refractivity contribution < 1.29 is 9.90 Å². The smallest absolute Gasteiger partial charge is 0.320 e. The first kappa shape index (κ1) is 21.5. The molecule has 2 amide bonds. The van der Waals surface area contributed by atoms with Gasteiger partial charge in [-0.1, -0.05) is 30.3 Å². The van der Waals surface area contributed by atoms with E-state index in [4.69, 9.17) is 0 Å². The maximum atomic E-state index is 12.9. The van der Waals surface area contributed by atoms with Crippen molar-refractivity contribution in [2.75, 3.05) is 32.7 Å². The molecule has 33 heavy (non-hydrogen) atoms. The predicted octanol–water partition coefficient (Wildman–Crippen LogP) is 2.20. The summed E-state index contributed by atoms with van der Waals surface area (Å²) in [7, 11) is 0. The van der Waals surface area contributed by atoms with Crippen LogP contribution in [0.25, 0.3) is 11.1 Å². The first-order chi connectivity index (χ1) is 16.2. The number of rotatable bonds is 7. The van der Waals surface area contributed by atoms with Crippen molar-refractivity contribution in [3.63, 3.8) is 0 Å². The van der Waals surface area contributed by atoms with Gasteiger partial charge in [-0.15, -0.1) is 0 Å². The molecule has 1 fully saturated rings. The molecule has 2 aliphatic heterocycles. The molecule has 5 rings (SSSR count). The third kappa shape index (κ3) is 5.02. The number of aliphatic hydroxyl groups is 1. The number of benzene rings is 1. The molecule has 0 aliphatic carbocycles. The van der Waals surface area contributed by atoms with Crippen molar-refractivity contribution in [1.29, 1.82) is 0 Å². The number of fused-ring (bicyclic) bond motifs is 1. The van der Waals surface area contributed by atoms with Gasteiger partial charge in [0.2, 0.25) is 0 Å². The molecular formula is C25H28N6O2. The van der Waals surface area contributed by atoms with E-state index in [1.165, 1.54) is 17.5 Å². The Kier molecular flexibility index (Phi) is 6.28. The Balaban J connectivity index is 1.12. The zero-order chi connectivity index (χ0) is 22.6. The highest BCUT2D eigenvalue weighted by Crippen LogP contribution is 2.20.